The summed E-state index contributed by atoms with van der Waals surface area (Å²) in [6.07, 6.45) is 0. The van der Waals surface area contributed by atoms with E-state index in [1.807, 2.05) is 62.5 Å². The maximum atomic E-state index is 13.4. The topological polar surface area (TPSA) is 38.8 Å². The van der Waals surface area contributed by atoms with Gasteiger partial charge in [0.05, 0.1) is 19.8 Å². The Bertz CT molecular complexity index is 886. The van der Waals surface area contributed by atoms with E-state index in [2.05, 4.69) is 24.3 Å². The molecule has 0 aliphatic carbocycles. The van der Waals surface area contributed by atoms with Gasteiger partial charge in [-0.1, -0.05) is 60.7 Å². The van der Waals surface area contributed by atoms with Crippen molar-refractivity contribution in [1.29, 1.82) is 0 Å². The third kappa shape index (κ3) is 4.84. The van der Waals surface area contributed by atoms with Crippen molar-refractivity contribution in [3.63, 3.8) is 0 Å². The van der Waals surface area contributed by atoms with Crippen LogP contribution in [0.4, 0.5) is 0 Å². The van der Waals surface area contributed by atoms with Gasteiger partial charge < -0.3 is 14.4 Å². The minimum atomic E-state index is -0.178. The van der Waals surface area contributed by atoms with Crippen molar-refractivity contribution in [2.45, 2.75) is 19.6 Å². The summed E-state index contributed by atoms with van der Waals surface area (Å²) in [5.74, 6) is 0.670. The average Bonchev–Trinajstić information content (AvgIpc) is 2.78. The van der Waals surface area contributed by atoms with Crippen LogP contribution in [0.2, 0.25) is 0 Å². The quantitative estimate of drug-likeness (QED) is 0.538. The van der Waals surface area contributed by atoms with E-state index < -0.39 is 0 Å². The molecule has 4 heteroatoms. The first-order chi connectivity index (χ1) is 14.2. The summed E-state index contributed by atoms with van der Waals surface area (Å²) in [5.41, 5.74) is 3.61. The lowest BCUT2D eigenvalue weighted by atomic mass is 9.96. The minimum absolute atomic E-state index is 0.0527. The number of methoxy groups -OCH3 is 1. The smallest absolute Gasteiger partial charge is 0.254 e. The molecule has 0 aliphatic rings. The second-order valence-corrected chi connectivity index (χ2v) is 6.80. The lowest BCUT2D eigenvalue weighted by Gasteiger charge is -2.29. The third-order valence-electron chi connectivity index (χ3n) is 4.93. The van der Waals surface area contributed by atoms with Gasteiger partial charge in [0.25, 0.3) is 5.91 Å². The Morgan fingerprint density at radius 1 is 0.931 bits per heavy atom. The molecule has 3 aromatic rings. The molecular formula is C25H27NO3. The van der Waals surface area contributed by atoms with Crippen LogP contribution < -0.4 is 4.74 Å². The molecule has 3 aromatic carbocycles. The van der Waals surface area contributed by atoms with E-state index in [4.69, 9.17) is 9.47 Å². The number of nitrogens with zero attached hydrogens (tertiary/aromatic N) is 1. The zero-order valence-corrected chi connectivity index (χ0v) is 17.2. The Labute approximate surface area is 172 Å². The molecular weight excluding hydrogens is 362 g/mol. The highest BCUT2D eigenvalue weighted by Crippen LogP contribution is 2.30. The number of benzene rings is 3. The normalized spacial score (nSPS) is 10.8. The molecule has 1 amide bonds. The molecule has 29 heavy (non-hydrogen) atoms. The van der Waals surface area contributed by atoms with E-state index in [-0.39, 0.29) is 11.9 Å². The molecule has 0 fully saturated rings. The summed E-state index contributed by atoms with van der Waals surface area (Å²) in [6.45, 7) is 2.95. The van der Waals surface area contributed by atoms with Crippen molar-refractivity contribution in [2.75, 3.05) is 20.8 Å². The van der Waals surface area contributed by atoms with Gasteiger partial charge in [0.1, 0.15) is 5.75 Å². The molecule has 3 rings (SSSR count). The van der Waals surface area contributed by atoms with Crippen LogP contribution in [-0.4, -0.2) is 31.6 Å². The Kier molecular flexibility index (Phi) is 7.04. The number of carbonyl (C=O) groups is 1. The summed E-state index contributed by atoms with van der Waals surface area (Å²) in [4.78, 5) is 15.2. The Morgan fingerprint density at radius 3 is 2.03 bits per heavy atom. The molecule has 4 nitrogen and oxygen atoms in total. The van der Waals surface area contributed by atoms with Crippen molar-refractivity contribution >= 4 is 5.91 Å². The fraction of sp³-hybridized carbons (Fsp3) is 0.240. The first-order valence-corrected chi connectivity index (χ1v) is 9.77. The highest BCUT2D eigenvalue weighted by Gasteiger charge is 2.25. The lowest BCUT2D eigenvalue weighted by Crippen LogP contribution is -2.32. The number of hydrogen-bond acceptors (Lipinski definition) is 3. The molecule has 150 valence electrons. The molecule has 0 unspecified atom stereocenters. The molecule has 0 aliphatic heterocycles. The molecule has 0 N–H and O–H groups in total. The van der Waals surface area contributed by atoms with Gasteiger partial charge in [-0.25, -0.2) is 0 Å². The van der Waals surface area contributed by atoms with Gasteiger partial charge in [-0.15, -0.1) is 0 Å². The minimum Gasteiger partial charge on any atom is -0.496 e. The predicted molar refractivity (Wildman–Crippen MR) is 115 cm³/mol. The van der Waals surface area contributed by atoms with Gasteiger partial charge in [0, 0.05) is 24.8 Å². The Morgan fingerprint density at radius 2 is 1.52 bits per heavy atom. The summed E-state index contributed by atoms with van der Waals surface area (Å²) < 4.78 is 11.0. The maximum absolute atomic E-state index is 13.4. The van der Waals surface area contributed by atoms with Crippen LogP contribution in [0.25, 0.3) is 0 Å². The Balaban J connectivity index is 1.96. The van der Waals surface area contributed by atoms with Crippen molar-refractivity contribution < 1.29 is 14.3 Å². The Hall–Kier alpha value is -3.11. The van der Waals surface area contributed by atoms with Crippen LogP contribution in [0.5, 0.6) is 5.75 Å². The van der Waals surface area contributed by atoms with E-state index in [0.717, 1.165) is 22.4 Å². The first-order valence-electron chi connectivity index (χ1n) is 9.77. The number of carbonyl (C=O) groups excluding carboxylic acids is 1. The van der Waals surface area contributed by atoms with E-state index >= 15 is 0 Å². The van der Waals surface area contributed by atoms with Gasteiger partial charge in [-0.2, -0.15) is 0 Å². The average molecular weight is 389 g/mol. The fourth-order valence-corrected chi connectivity index (χ4v) is 3.47. The van der Waals surface area contributed by atoms with Gasteiger partial charge in [0.15, 0.2) is 0 Å². The van der Waals surface area contributed by atoms with Crippen LogP contribution in [0.15, 0.2) is 78.9 Å². The molecule has 0 radical (unpaired) electrons. The van der Waals surface area contributed by atoms with Crippen molar-refractivity contribution in [3.8, 4) is 5.75 Å². The zero-order valence-electron chi connectivity index (χ0n) is 17.2. The molecule has 0 heterocycles. The van der Waals surface area contributed by atoms with E-state index in [9.17, 15) is 4.79 Å². The van der Waals surface area contributed by atoms with Crippen LogP contribution >= 0.6 is 0 Å². The number of amides is 1. The standard InChI is InChI=1S/C25H27NO3/c1-4-29-18-22-17-21(15-16-23(22)28-3)25(27)26(2)24(19-11-7-5-8-12-19)20-13-9-6-10-14-20/h5-17,24H,4,18H2,1-3H3. The number of hydrogen-bond donors (Lipinski definition) is 0. The fourth-order valence-electron chi connectivity index (χ4n) is 3.47. The molecule has 0 spiro atoms. The zero-order chi connectivity index (χ0) is 20.6. The predicted octanol–water partition coefficient (Wildman–Crippen LogP) is 5.09. The molecule has 0 aromatic heterocycles. The SMILES string of the molecule is CCOCc1cc(C(=O)N(C)C(c2ccccc2)c2ccccc2)ccc1OC. The number of ether oxygens (including phenoxy) is 2. The highest BCUT2D eigenvalue weighted by molar-refractivity contribution is 5.95. The van der Waals surface area contributed by atoms with Crippen molar-refractivity contribution in [2.24, 2.45) is 0 Å². The van der Waals surface area contributed by atoms with Gasteiger partial charge in [-0.3, -0.25) is 4.79 Å². The maximum Gasteiger partial charge on any atom is 0.254 e. The van der Waals surface area contributed by atoms with Crippen LogP contribution in [-0.2, 0) is 11.3 Å². The van der Waals surface area contributed by atoms with Gasteiger partial charge >= 0.3 is 0 Å². The molecule has 0 bridgehead atoms. The largest absolute Gasteiger partial charge is 0.496 e. The lowest BCUT2D eigenvalue weighted by molar-refractivity contribution is 0.0754. The van der Waals surface area contributed by atoms with Crippen LogP contribution in [0.3, 0.4) is 0 Å². The summed E-state index contributed by atoms with van der Waals surface area (Å²) in [6, 6.07) is 25.5. The molecule has 0 saturated heterocycles. The third-order valence-corrected chi connectivity index (χ3v) is 4.93. The van der Waals surface area contributed by atoms with Gasteiger partial charge in [0.2, 0.25) is 0 Å². The van der Waals surface area contributed by atoms with E-state index in [0.29, 0.717) is 18.8 Å². The monoisotopic (exact) mass is 389 g/mol. The summed E-state index contributed by atoms with van der Waals surface area (Å²) >= 11 is 0. The first kappa shape index (κ1) is 20.6. The number of rotatable bonds is 8. The van der Waals surface area contributed by atoms with Crippen LogP contribution in [0.1, 0.15) is 40.0 Å². The highest BCUT2D eigenvalue weighted by atomic mass is 16.5. The summed E-state index contributed by atoms with van der Waals surface area (Å²) in [5, 5.41) is 0. The van der Waals surface area contributed by atoms with E-state index in [1.165, 1.54) is 0 Å². The van der Waals surface area contributed by atoms with Crippen molar-refractivity contribution in [1.82, 2.24) is 4.90 Å². The van der Waals surface area contributed by atoms with Crippen molar-refractivity contribution in [3.05, 3.63) is 101 Å². The van der Waals surface area contributed by atoms with Crippen LogP contribution in [0, 0.1) is 0 Å². The molecule has 0 atom stereocenters. The second kappa shape index (κ2) is 9.89. The van der Waals surface area contributed by atoms with E-state index in [1.54, 1.807) is 18.1 Å². The second-order valence-electron chi connectivity index (χ2n) is 6.80. The molecule has 0 saturated carbocycles. The summed E-state index contributed by atoms with van der Waals surface area (Å²) in [7, 11) is 3.47. The van der Waals surface area contributed by atoms with Gasteiger partial charge in [-0.05, 0) is 36.2 Å².